The average molecular weight is 642 g/mol. The summed E-state index contributed by atoms with van der Waals surface area (Å²) in [6.45, 7) is -0.782. The molecular formula is C30H26Cl2N4O6S. The molecule has 0 unspecified atom stereocenters. The van der Waals surface area contributed by atoms with E-state index in [2.05, 4.69) is 15.8 Å². The third-order valence-corrected chi connectivity index (χ3v) is 8.09. The van der Waals surface area contributed by atoms with Gasteiger partial charge in [0.25, 0.3) is 21.8 Å². The Morgan fingerprint density at radius 3 is 2.30 bits per heavy atom. The van der Waals surface area contributed by atoms with Gasteiger partial charge in [-0.1, -0.05) is 41.4 Å². The Morgan fingerprint density at radius 1 is 0.884 bits per heavy atom. The zero-order valence-corrected chi connectivity index (χ0v) is 25.1. The van der Waals surface area contributed by atoms with Crippen LogP contribution in [0.2, 0.25) is 10.0 Å². The first-order valence-corrected chi connectivity index (χ1v) is 14.9. The Balaban J connectivity index is 1.35. The molecule has 0 atom stereocenters. The van der Waals surface area contributed by atoms with Gasteiger partial charge in [-0.3, -0.25) is 13.9 Å². The number of carbonyl (C=O) groups is 2. The van der Waals surface area contributed by atoms with E-state index >= 15 is 0 Å². The van der Waals surface area contributed by atoms with Crippen molar-refractivity contribution in [2.24, 2.45) is 5.10 Å². The van der Waals surface area contributed by atoms with Gasteiger partial charge >= 0.3 is 0 Å². The first kappa shape index (κ1) is 31.4. The van der Waals surface area contributed by atoms with Gasteiger partial charge in [-0.2, -0.15) is 5.10 Å². The molecule has 0 radical (unpaired) electrons. The fraction of sp³-hybridized carbons (Fsp3) is 0.100. The number of nitrogens with zero attached hydrogens (tertiary/aromatic N) is 2. The fourth-order valence-corrected chi connectivity index (χ4v) is 5.48. The molecule has 10 nitrogen and oxygen atoms in total. The number of carbonyl (C=O) groups excluding carboxylic acids is 2. The molecule has 0 bridgehead atoms. The SMILES string of the molecule is COc1ccccc1NC(=O)COc1ccc(/C=N\NC(=O)CN(c2cccc(Cl)c2)S(=O)(=O)c2ccc(Cl)cc2)cc1. The number of para-hydroxylation sites is 2. The predicted molar refractivity (Wildman–Crippen MR) is 167 cm³/mol. The Hall–Kier alpha value is -4.58. The highest BCUT2D eigenvalue weighted by Crippen LogP contribution is 2.27. The van der Waals surface area contributed by atoms with E-state index in [9.17, 15) is 18.0 Å². The monoisotopic (exact) mass is 640 g/mol. The summed E-state index contributed by atoms with van der Waals surface area (Å²) >= 11 is 12.0. The zero-order valence-electron chi connectivity index (χ0n) is 22.7. The van der Waals surface area contributed by atoms with Crippen molar-refractivity contribution >= 4 is 62.6 Å². The lowest BCUT2D eigenvalue weighted by Gasteiger charge is -2.23. The van der Waals surface area contributed by atoms with Gasteiger partial charge in [-0.25, -0.2) is 13.8 Å². The summed E-state index contributed by atoms with van der Waals surface area (Å²) < 4.78 is 38.5. The smallest absolute Gasteiger partial charge is 0.264 e. The number of hydrazone groups is 1. The molecule has 0 aliphatic carbocycles. The maximum absolute atomic E-state index is 13.4. The molecule has 0 fully saturated rings. The number of hydrogen-bond donors (Lipinski definition) is 2. The minimum Gasteiger partial charge on any atom is -0.495 e. The van der Waals surface area contributed by atoms with Crippen molar-refractivity contribution in [3.8, 4) is 11.5 Å². The molecule has 0 heterocycles. The second-order valence-corrected chi connectivity index (χ2v) is 11.6. The van der Waals surface area contributed by atoms with Crippen LogP contribution in [0, 0.1) is 0 Å². The Labute approximate surface area is 258 Å². The lowest BCUT2D eigenvalue weighted by Crippen LogP contribution is -2.39. The molecule has 0 spiro atoms. The van der Waals surface area contributed by atoms with E-state index in [1.807, 2.05) is 0 Å². The quantitative estimate of drug-likeness (QED) is 0.158. The highest BCUT2D eigenvalue weighted by Gasteiger charge is 2.27. The van der Waals surface area contributed by atoms with Crippen LogP contribution in [0.15, 0.2) is 107 Å². The molecule has 0 saturated carbocycles. The largest absolute Gasteiger partial charge is 0.495 e. The normalized spacial score (nSPS) is 11.1. The maximum atomic E-state index is 13.4. The minimum atomic E-state index is -4.14. The third-order valence-electron chi connectivity index (χ3n) is 5.82. The number of amides is 2. The van der Waals surface area contributed by atoms with Crippen LogP contribution in [0.3, 0.4) is 0 Å². The number of ether oxygens (including phenoxy) is 2. The molecule has 13 heteroatoms. The molecule has 222 valence electrons. The van der Waals surface area contributed by atoms with Gasteiger partial charge in [0.15, 0.2) is 6.61 Å². The van der Waals surface area contributed by atoms with Gasteiger partial charge in [-0.05, 0) is 84.4 Å². The molecule has 0 aliphatic heterocycles. The summed E-state index contributed by atoms with van der Waals surface area (Å²) in [7, 11) is -2.63. The van der Waals surface area contributed by atoms with Crippen LogP contribution in [0.5, 0.6) is 11.5 Å². The van der Waals surface area contributed by atoms with E-state index in [1.165, 1.54) is 49.7 Å². The van der Waals surface area contributed by atoms with Crippen molar-refractivity contribution in [2.45, 2.75) is 4.90 Å². The molecule has 4 rings (SSSR count). The molecule has 0 aliphatic rings. The number of anilines is 2. The third kappa shape index (κ3) is 8.71. The Morgan fingerprint density at radius 2 is 1.60 bits per heavy atom. The highest BCUT2D eigenvalue weighted by molar-refractivity contribution is 7.92. The summed E-state index contributed by atoms with van der Waals surface area (Å²) in [6, 6.07) is 25.4. The number of nitrogens with one attached hydrogen (secondary N) is 2. The van der Waals surface area contributed by atoms with Crippen LogP contribution >= 0.6 is 23.2 Å². The van der Waals surface area contributed by atoms with Gasteiger partial charge in [0, 0.05) is 10.0 Å². The lowest BCUT2D eigenvalue weighted by molar-refractivity contribution is -0.119. The minimum absolute atomic E-state index is 0.0484. The number of halogens is 2. The molecule has 4 aromatic carbocycles. The first-order chi connectivity index (χ1) is 20.7. The first-order valence-electron chi connectivity index (χ1n) is 12.7. The van der Waals surface area contributed by atoms with E-state index < -0.39 is 22.5 Å². The van der Waals surface area contributed by atoms with Crippen LogP contribution in [0.25, 0.3) is 0 Å². The summed E-state index contributed by atoms with van der Waals surface area (Å²) in [4.78, 5) is 25.0. The van der Waals surface area contributed by atoms with Crippen LogP contribution < -0.4 is 24.5 Å². The van der Waals surface area contributed by atoms with E-state index in [4.69, 9.17) is 32.7 Å². The van der Waals surface area contributed by atoms with Crippen molar-refractivity contribution in [3.05, 3.63) is 113 Å². The second-order valence-electron chi connectivity index (χ2n) is 8.84. The summed E-state index contributed by atoms with van der Waals surface area (Å²) in [5, 5.41) is 7.33. The van der Waals surface area contributed by atoms with Crippen molar-refractivity contribution in [1.82, 2.24) is 5.43 Å². The van der Waals surface area contributed by atoms with Crippen LogP contribution in [0.4, 0.5) is 11.4 Å². The summed E-state index contributed by atoms with van der Waals surface area (Å²) in [5.74, 6) is -0.0645. The molecule has 0 saturated heterocycles. The molecule has 0 aromatic heterocycles. The molecular weight excluding hydrogens is 615 g/mol. The fourth-order valence-electron chi connectivity index (χ4n) is 3.76. The zero-order chi connectivity index (χ0) is 30.8. The number of hydrogen-bond acceptors (Lipinski definition) is 7. The predicted octanol–water partition coefficient (Wildman–Crippen LogP) is 5.37. The van der Waals surface area contributed by atoms with Crippen LogP contribution in [-0.4, -0.2) is 46.7 Å². The van der Waals surface area contributed by atoms with Crippen molar-refractivity contribution in [1.29, 1.82) is 0 Å². The number of rotatable bonds is 12. The Kier molecular flexibility index (Phi) is 10.6. The summed E-state index contributed by atoms with van der Waals surface area (Å²) in [5.41, 5.74) is 3.69. The Bertz CT molecular complexity index is 1720. The maximum Gasteiger partial charge on any atom is 0.264 e. The van der Waals surface area contributed by atoms with Crippen LogP contribution in [-0.2, 0) is 19.6 Å². The number of benzene rings is 4. The molecule has 2 amide bonds. The van der Waals surface area contributed by atoms with E-state index in [0.29, 0.717) is 32.8 Å². The van der Waals surface area contributed by atoms with Gasteiger partial charge in [0.05, 0.1) is 29.6 Å². The number of methoxy groups -OCH3 is 1. The topological polar surface area (TPSA) is 126 Å². The molecule has 43 heavy (non-hydrogen) atoms. The van der Waals surface area contributed by atoms with E-state index in [1.54, 1.807) is 60.7 Å². The highest BCUT2D eigenvalue weighted by atomic mass is 35.5. The number of sulfonamides is 1. The van der Waals surface area contributed by atoms with Gasteiger partial charge in [0.1, 0.15) is 18.0 Å². The van der Waals surface area contributed by atoms with Gasteiger partial charge in [-0.15, -0.1) is 0 Å². The second kappa shape index (κ2) is 14.5. The van der Waals surface area contributed by atoms with Crippen molar-refractivity contribution in [2.75, 3.05) is 29.9 Å². The molecule has 4 aromatic rings. The van der Waals surface area contributed by atoms with Crippen LogP contribution in [0.1, 0.15) is 5.56 Å². The van der Waals surface area contributed by atoms with E-state index in [0.717, 1.165) is 4.31 Å². The standard InChI is InChI=1S/C30H26Cl2N4O6S/c1-41-28-8-3-2-7-27(28)34-30(38)20-42-25-13-9-21(10-14-25)18-33-35-29(37)19-36(24-6-4-5-23(32)17-24)43(39,40)26-15-11-22(31)12-16-26/h2-18H,19-20H2,1H3,(H,34,38)(H,35,37)/b33-18-. The van der Waals surface area contributed by atoms with Gasteiger partial charge in [0.2, 0.25) is 0 Å². The average Bonchev–Trinajstić information content (AvgIpc) is 3.00. The van der Waals surface area contributed by atoms with E-state index in [-0.39, 0.29) is 23.1 Å². The summed E-state index contributed by atoms with van der Waals surface area (Å²) in [6.07, 6.45) is 1.38. The lowest BCUT2D eigenvalue weighted by atomic mass is 10.2. The van der Waals surface area contributed by atoms with Crippen molar-refractivity contribution < 1.29 is 27.5 Å². The van der Waals surface area contributed by atoms with Gasteiger partial charge < -0.3 is 14.8 Å². The van der Waals surface area contributed by atoms with Crippen molar-refractivity contribution in [3.63, 3.8) is 0 Å². The molecule has 2 N–H and O–H groups in total.